The quantitative estimate of drug-likeness (QED) is 0.820. The summed E-state index contributed by atoms with van der Waals surface area (Å²) in [6, 6.07) is 1.000. The second kappa shape index (κ2) is 4.62. The largest absolute Gasteiger partial charge is 0.477 e. The molecule has 19 heavy (non-hydrogen) atoms. The molecule has 106 valence electrons. The molecule has 1 aliphatic rings. The van der Waals surface area contributed by atoms with Crippen molar-refractivity contribution >= 4 is 16.0 Å². The summed E-state index contributed by atoms with van der Waals surface area (Å²) in [6.45, 7) is 3.65. The molecule has 0 aromatic carbocycles. The Morgan fingerprint density at radius 2 is 2.00 bits per heavy atom. The number of aliphatic hydroxyl groups excluding tert-OH is 1. The van der Waals surface area contributed by atoms with Crippen LogP contribution < -0.4 is 0 Å². The third-order valence-electron chi connectivity index (χ3n) is 3.07. The zero-order chi connectivity index (χ0) is 14.4. The van der Waals surface area contributed by atoms with Crippen LogP contribution in [-0.2, 0) is 10.0 Å². The Balaban J connectivity index is 2.41. The molecule has 1 aliphatic heterocycles. The van der Waals surface area contributed by atoms with Crippen LogP contribution >= 0.6 is 0 Å². The van der Waals surface area contributed by atoms with Gasteiger partial charge < -0.3 is 14.8 Å². The van der Waals surface area contributed by atoms with Gasteiger partial charge in [0, 0.05) is 25.3 Å². The van der Waals surface area contributed by atoms with Crippen molar-refractivity contribution in [3.05, 3.63) is 18.0 Å². The van der Waals surface area contributed by atoms with Crippen molar-refractivity contribution in [3.63, 3.8) is 0 Å². The second-order valence-electron chi connectivity index (χ2n) is 4.84. The summed E-state index contributed by atoms with van der Waals surface area (Å²) in [6.07, 6.45) is 0.689. The van der Waals surface area contributed by atoms with Crippen molar-refractivity contribution in [2.45, 2.75) is 30.9 Å². The van der Waals surface area contributed by atoms with E-state index >= 15 is 0 Å². The van der Waals surface area contributed by atoms with Crippen LogP contribution in [0.1, 0.15) is 30.4 Å². The number of carboxylic acids is 1. The number of rotatable bonds is 4. The van der Waals surface area contributed by atoms with Crippen molar-refractivity contribution in [3.8, 4) is 0 Å². The van der Waals surface area contributed by atoms with Gasteiger partial charge in [-0.2, -0.15) is 4.31 Å². The maximum Gasteiger partial charge on any atom is 0.352 e. The monoisotopic (exact) mass is 288 g/mol. The fraction of sp³-hybridized carbons (Fsp3) is 0.545. The van der Waals surface area contributed by atoms with E-state index < -0.39 is 22.1 Å². The number of sulfonamides is 1. The lowest BCUT2D eigenvalue weighted by molar-refractivity contribution is 0.0547. The lowest BCUT2D eigenvalue weighted by Crippen LogP contribution is -2.53. The van der Waals surface area contributed by atoms with E-state index in [1.807, 2.05) is 0 Å². The van der Waals surface area contributed by atoms with Crippen molar-refractivity contribution in [1.29, 1.82) is 0 Å². The molecule has 0 radical (unpaired) electrons. The second-order valence-corrected chi connectivity index (χ2v) is 6.78. The molecule has 7 nitrogen and oxygen atoms in total. The minimum absolute atomic E-state index is 0.0505. The number of aromatic nitrogens is 1. The van der Waals surface area contributed by atoms with E-state index in [0.717, 1.165) is 10.4 Å². The fourth-order valence-corrected chi connectivity index (χ4v) is 3.50. The van der Waals surface area contributed by atoms with E-state index in [9.17, 15) is 13.2 Å². The third kappa shape index (κ3) is 2.38. The number of carboxylic acid groups (broad SMARTS) is 1. The van der Waals surface area contributed by atoms with Gasteiger partial charge in [0.25, 0.3) is 0 Å². The van der Waals surface area contributed by atoms with Crippen LogP contribution in [0.4, 0.5) is 0 Å². The van der Waals surface area contributed by atoms with Gasteiger partial charge in [0.15, 0.2) is 0 Å². The average Bonchev–Trinajstić information content (AvgIpc) is 2.70. The minimum atomic E-state index is -3.71. The Kier molecular flexibility index (Phi) is 3.41. The molecule has 0 atom stereocenters. The van der Waals surface area contributed by atoms with Crippen LogP contribution in [-0.4, -0.2) is 52.7 Å². The molecule has 2 heterocycles. The van der Waals surface area contributed by atoms with E-state index in [0.29, 0.717) is 0 Å². The smallest absolute Gasteiger partial charge is 0.352 e. The van der Waals surface area contributed by atoms with Crippen LogP contribution in [0.5, 0.6) is 0 Å². The first kappa shape index (κ1) is 14.0. The highest BCUT2D eigenvalue weighted by Gasteiger charge is 2.37. The predicted molar refractivity (Wildman–Crippen MR) is 66.5 cm³/mol. The van der Waals surface area contributed by atoms with E-state index in [2.05, 4.69) is 0 Å². The van der Waals surface area contributed by atoms with Crippen molar-refractivity contribution < 1.29 is 23.4 Å². The molecule has 0 saturated carbocycles. The molecule has 0 unspecified atom stereocenters. The number of hydrogen-bond acceptors (Lipinski definition) is 4. The van der Waals surface area contributed by atoms with Crippen molar-refractivity contribution in [1.82, 2.24) is 8.87 Å². The molecule has 0 aliphatic carbocycles. The van der Waals surface area contributed by atoms with Gasteiger partial charge in [-0.1, -0.05) is 0 Å². The summed E-state index contributed by atoms with van der Waals surface area (Å²) < 4.78 is 26.9. The van der Waals surface area contributed by atoms with E-state index in [4.69, 9.17) is 10.2 Å². The summed E-state index contributed by atoms with van der Waals surface area (Å²) in [5.74, 6) is -1.17. The van der Waals surface area contributed by atoms with Gasteiger partial charge in [0.2, 0.25) is 10.0 Å². The summed E-state index contributed by atoms with van der Waals surface area (Å²) in [7, 11) is -3.71. The highest BCUT2D eigenvalue weighted by Crippen LogP contribution is 2.25. The van der Waals surface area contributed by atoms with E-state index in [1.165, 1.54) is 10.8 Å². The molecule has 0 spiro atoms. The lowest BCUT2D eigenvalue weighted by atomic mass is 10.2. The molecule has 8 heteroatoms. The number of hydrogen-bond donors (Lipinski definition) is 2. The summed E-state index contributed by atoms with van der Waals surface area (Å²) in [5.41, 5.74) is -0.0605. The van der Waals surface area contributed by atoms with Crippen LogP contribution in [0.2, 0.25) is 0 Å². The number of nitrogens with zero attached hydrogens (tertiary/aromatic N) is 2. The summed E-state index contributed by atoms with van der Waals surface area (Å²) in [5, 5.41) is 18.2. The lowest BCUT2D eigenvalue weighted by Gasteiger charge is -2.34. The highest BCUT2D eigenvalue weighted by molar-refractivity contribution is 7.89. The molecule has 0 amide bonds. The van der Waals surface area contributed by atoms with Gasteiger partial charge in [0.1, 0.15) is 10.6 Å². The fourth-order valence-electron chi connectivity index (χ4n) is 1.96. The molecule has 2 rings (SSSR count). The zero-order valence-electron chi connectivity index (χ0n) is 10.6. The molecule has 2 N–H and O–H groups in total. The maximum atomic E-state index is 12.2. The molecule has 1 aromatic rings. The standard InChI is InChI=1S/C11H16N2O5S/c1-7(2)13-6-9(3-10(13)11(15)16)19(17,18)12-4-8(14)5-12/h3,6-8,14H,4-5H2,1-2H3,(H,15,16). The summed E-state index contributed by atoms with van der Waals surface area (Å²) in [4.78, 5) is 11.1. The van der Waals surface area contributed by atoms with Crippen LogP contribution in [0.3, 0.4) is 0 Å². The number of carbonyl (C=O) groups is 1. The molecule has 1 saturated heterocycles. The Labute approximate surface area is 111 Å². The highest BCUT2D eigenvalue weighted by atomic mass is 32.2. The first-order valence-corrected chi connectivity index (χ1v) is 7.31. The van der Waals surface area contributed by atoms with Crippen molar-refractivity contribution in [2.75, 3.05) is 13.1 Å². The molecule has 0 bridgehead atoms. The van der Waals surface area contributed by atoms with Gasteiger partial charge in [-0.25, -0.2) is 13.2 Å². The van der Waals surface area contributed by atoms with Gasteiger partial charge in [-0.15, -0.1) is 0 Å². The Morgan fingerprint density at radius 1 is 1.42 bits per heavy atom. The normalized spacial score (nSPS) is 17.7. The molecular weight excluding hydrogens is 272 g/mol. The Morgan fingerprint density at radius 3 is 2.37 bits per heavy atom. The van der Waals surface area contributed by atoms with Gasteiger partial charge in [0.05, 0.1) is 6.10 Å². The Hall–Kier alpha value is -1.38. The SMILES string of the molecule is CC(C)n1cc(S(=O)(=O)N2CC(O)C2)cc1C(=O)O. The maximum absolute atomic E-state index is 12.2. The molecular formula is C11H16N2O5S. The average molecular weight is 288 g/mol. The zero-order valence-corrected chi connectivity index (χ0v) is 11.5. The third-order valence-corrected chi connectivity index (χ3v) is 4.86. The number of aliphatic hydroxyl groups is 1. The minimum Gasteiger partial charge on any atom is -0.477 e. The van der Waals surface area contributed by atoms with E-state index in [1.54, 1.807) is 13.8 Å². The molecule has 1 fully saturated rings. The van der Waals surface area contributed by atoms with Gasteiger partial charge in [-0.3, -0.25) is 0 Å². The van der Waals surface area contributed by atoms with Crippen LogP contribution in [0.15, 0.2) is 17.2 Å². The number of β-amino-alcohol motifs (C(OH)–C–C–N with tert-alkyl or cyclic N) is 1. The van der Waals surface area contributed by atoms with Crippen LogP contribution in [0, 0.1) is 0 Å². The molecule has 1 aromatic heterocycles. The van der Waals surface area contributed by atoms with Gasteiger partial charge in [-0.05, 0) is 19.9 Å². The van der Waals surface area contributed by atoms with Gasteiger partial charge >= 0.3 is 5.97 Å². The summed E-state index contributed by atoms with van der Waals surface area (Å²) >= 11 is 0. The number of aromatic carboxylic acids is 1. The Bertz CT molecular complexity index is 599. The topological polar surface area (TPSA) is 99.8 Å². The van der Waals surface area contributed by atoms with E-state index in [-0.39, 0.29) is 29.7 Å². The first-order valence-electron chi connectivity index (χ1n) is 5.87. The van der Waals surface area contributed by atoms with Crippen molar-refractivity contribution in [2.24, 2.45) is 0 Å². The van der Waals surface area contributed by atoms with Crippen LogP contribution in [0.25, 0.3) is 0 Å². The predicted octanol–water partition coefficient (Wildman–Crippen LogP) is 0.132. The first-order chi connectivity index (χ1) is 8.73.